The van der Waals surface area contributed by atoms with Gasteiger partial charge in [0.15, 0.2) is 11.5 Å². The number of nitrogens with one attached hydrogen (secondary N) is 1. The number of aromatic nitrogens is 2. The minimum Gasteiger partial charge on any atom is -0.443 e. The molecule has 122 valence electrons. The lowest BCUT2D eigenvalue weighted by Gasteiger charge is -2.05. The van der Waals surface area contributed by atoms with Gasteiger partial charge in [0.2, 0.25) is 0 Å². The van der Waals surface area contributed by atoms with Crippen molar-refractivity contribution in [3.8, 4) is 11.8 Å². The van der Waals surface area contributed by atoms with Gasteiger partial charge in [0.25, 0.3) is 5.91 Å². The van der Waals surface area contributed by atoms with Gasteiger partial charge >= 0.3 is 0 Å². The fourth-order valence-electron chi connectivity index (χ4n) is 1.86. The topological polar surface area (TPSA) is 80.3 Å². The Bertz CT molecular complexity index is 726. The third-order valence-corrected chi connectivity index (χ3v) is 2.91. The van der Waals surface area contributed by atoms with E-state index in [-0.39, 0.29) is 11.7 Å². The van der Waals surface area contributed by atoms with Crippen molar-refractivity contribution in [1.82, 2.24) is 15.1 Å². The summed E-state index contributed by atoms with van der Waals surface area (Å²) in [6.07, 6.45) is 4.65. The molecule has 1 amide bonds. The highest BCUT2D eigenvalue weighted by molar-refractivity contribution is 5.91. The van der Waals surface area contributed by atoms with E-state index in [4.69, 9.17) is 4.42 Å². The summed E-state index contributed by atoms with van der Waals surface area (Å²) in [5.41, 5.74) is -0.172. The monoisotopic (exact) mass is 315 g/mol. The van der Waals surface area contributed by atoms with E-state index in [1.807, 2.05) is 10.9 Å². The Morgan fingerprint density at radius 1 is 1.48 bits per heavy atom. The van der Waals surface area contributed by atoms with Crippen LogP contribution in [0.3, 0.4) is 0 Å². The van der Waals surface area contributed by atoms with Crippen molar-refractivity contribution < 1.29 is 14.3 Å². The largest absolute Gasteiger partial charge is 0.443 e. The first-order valence-electron chi connectivity index (χ1n) is 7.52. The molecule has 0 fully saturated rings. The van der Waals surface area contributed by atoms with Crippen molar-refractivity contribution in [3.05, 3.63) is 41.6 Å². The van der Waals surface area contributed by atoms with Crippen molar-refractivity contribution in [3.63, 3.8) is 0 Å². The number of aliphatic hydroxyl groups is 1. The molecule has 0 bridgehead atoms. The lowest BCUT2D eigenvalue weighted by molar-refractivity contribution is 0.0922. The van der Waals surface area contributed by atoms with E-state index in [0.717, 1.165) is 18.5 Å². The van der Waals surface area contributed by atoms with Crippen LogP contribution in [-0.2, 0) is 13.1 Å². The molecule has 2 heterocycles. The van der Waals surface area contributed by atoms with E-state index in [2.05, 4.69) is 29.2 Å². The van der Waals surface area contributed by atoms with E-state index >= 15 is 0 Å². The number of furan rings is 1. The van der Waals surface area contributed by atoms with Crippen LogP contribution in [0.4, 0.5) is 0 Å². The van der Waals surface area contributed by atoms with Crippen LogP contribution in [0.15, 0.2) is 28.9 Å². The minimum absolute atomic E-state index is 0.186. The average molecular weight is 315 g/mol. The number of rotatable bonds is 5. The zero-order chi connectivity index (χ0) is 16.9. The van der Waals surface area contributed by atoms with Crippen LogP contribution in [0.2, 0.25) is 0 Å². The molecule has 0 radical (unpaired) electrons. The Kier molecular flexibility index (Phi) is 5.24. The second-order valence-corrected chi connectivity index (χ2v) is 5.77. The zero-order valence-corrected chi connectivity index (χ0v) is 13.6. The summed E-state index contributed by atoms with van der Waals surface area (Å²) in [7, 11) is 0. The number of aryl methyl sites for hydroxylation is 1. The summed E-state index contributed by atoms with van der Waals surface area (Å²) in [5.74, 6) is 5.53. The Labute approximate surface area is 135 Å². The summed E-state index contributed by atoms with van der Waals surface area (Å²) in [5, 5.41) is 16.5. The Morgan fingerprint density at radius 2 is 2.26 bits per heavy atom. The molecule has 0 aliphatic carbocycles. The lowest BCUT2D eigenvalue weighted by Crippen LogP contribution is -2.22. The molecule has 6 nitrogen and oxygen atoms in total. The highest BCUT2D eigenvalue weighted by atomic mass is 16.3. The molecule has 6 heteroatoms. The number of hydrogen-bond donors (Lipinski definition) is 2. The average Bonchev–Trinajstić information content (AvgIpc) is 3.11. The van der Waals surface area contributed by atoms with Crippen LogP contribution >= 0.6 is 0 Å². The molecule has 0 aromatic carbocycles. The minimum atomic E-state index is -1.10. The fourth-order valence-corrected chi connectivity index (χ4v) is 1.86. The fraction of sp³-hybridized carbons (Fsp3) is 0.412. The standard InChI is InChI=1S/C17H21N3O3/c1-4-9-20-12-13(11-19-20)10-18-16(21)15-6-5-14(23-15)7-8-17(2,3)22/h5-6,11-12,22H,4,9-10H2,1-3H3,(H,18,21). The van der Waals surface area contributed by atoms with E-state index in [9.17, 15) is 9.90 Å². The molecule has 2 rings (SSSR count). The number of nitrogens with zero attached hydrogens (tertiary/aromatic N) is 2. The first-order valence-corrected chi connectivity index (χ1v) is 7.52. The van der Waals surface area contributed by atoms with E-state index in [1.165, 1.54) is 0 Å². The van der Waals surface area contributed by atoms with Gasteiger partial charge in [-0.15, -0.1) is 0 Å². The number of carbonyl (C=O) groups excluding carboxylic acids is 1. The van der Waals surface area contributed by atoms with Gasteiger partial charge in [-0.1, -0.05) is 12.8 Å². The van der Waals surface area contributed by atoms with Crippen LogP contribution in [0.1, 0.15) is 49.1 Å². The van der Waals surface area contributed by atoms with Gasteiger partial charge in [-0.2, -0.15) is 5.10 Å². The summed E-state index contributed by atoms with van der Waals surface area (Å²) >= 11 is 0. The zero-order valence-electron chi connectivity index (χ0n) is 13.6. The molecule has 0 saturated carbocycles. The lowest BCUT2D eigenvalue weighted by atomic mass is 10.1. The second-order valence-electron chi connectivity index (χ2n) is 5.77. The second kappa shape index (κ2) is 7.16. The highest BCUT2D eigenvalue weighted by Gasteiger charge is 2.11. The molecular formula is C17H21N3O3. The molecule has 0 aliphatic rings. The highest BCUT2D eigenvalue weighted by Crippen LogP contribution is 2.08. The quantitative estimate of drug-likeness (QED) is 0.826. The maximum absolute atomic E-state index is 12.0. The molecule has 2 N–H and O–H groups in total. The molecule has 0 saturated heterocycles. The van der Waals surface area contributed by atoms with Gasteiger partial charge in [-0.25, -0.2) is 0 Å². The first kappa shape index (κ1) is 16.8. The predicted octanol–water partition coefficient (Wildman–Crippen LogP) is 1.94. The van der Waals surface area contributed by atoms with Crippen LogP contribution < -0.4 is 5.32 Å². The molecule has 0 spiro atoms. The van der Waals surface area contributed by atoms with Gasteiger partial charge in [-0.3, -0.25) is 9.48 Å². The number of hydrogen-bond acceptors (Lipinski definition) is 4. The summed E-state index contributed by atoms with van der Waals surface area (Å²) in [4.78, 5) is 12.0. The van der Waals surface area contributed by atoms with Gasteiger partial charge < -0.3 is 14.8 Å². The van der Waals surface area contributed by atoms with E-state index in [1.54, 1.807) is 32.2 Å². The summed E-state index contributed by atoms with van der Waals surface area (Å²) in [6.45, 7) is 6.48. The number of carbonyl (C=O) groups is 1. The Morgan fingerprint density at radius 3 is 2.96 bits per heavy atom. The van der Waals surface area contributed by atoms with Crippen LogP contribution in [-0.4, -0.2) is 26.4 Å². The van der Waals surface area contributed by atoms with Gasteiger partial charge in [0.05, 0.1) is 6.20 Å². The smallest absolute Gasteiger partial charge is 0.287 e. The first-order chi connectivity index (χ1) is 10.9. The molecule has 0 aliphatic heterocycles. The van der Waals surface area contributed by atoms with Crippen LogP contribution in [0.5, 0.6) is 0 Å². The third-order valence-electron chi connectivity index (χ3n) is 2.91. The SMILES string of the molecule is CCCn1cc(CNC(=O)c2ccc(C#CC(C)(C)O)o2)cn1. The van der Waals surface area contributed by atoms with Crippen molar-refractivity contribution in [1.29, 1.82) is 0 Å². The molecule has 0 atom stereocenters. The normalized spacial score (nSPS) is 11.0. The van der Waals surface area contributed by atoms with Crippen molar-refractivity contribution in [2.75, 3.05) is 0 Å². The molecule has 0 unspecified atom stereocenters. The maximum Gasteiger partial charge on any atom is 0.287 e. The van der Waals surface area contributed by atoms with Gasteiger partial charge in [0, 0.05) is 24.8 Å². The van der Waals surface area contributed by atoms with Crippen molar-refractivity contribution in [2.24, 2.45) is 0 Å². The van der Waals surface area contributed by atoms with Crippen molar-refractivity contribution >= 4 is 5.91 Å². The Balaban J connectivity index is 1.92. The molecule has 2 aromatic rings. The Hall–Kier alpha value is -2.52. The van der Waals surface area contributed by atoms with Crippen LogP contribution in [0, 0.1) is 11.8 Å². The third kappa shape index (κ3) is 5.31. The maximum atomic E-state index is 12.0. The van der Waals surface area contributed by atoms with Gasteiger partial charge in [0.1, 0.15) is 5.60 Å². The molecule has 2 aromatic heterocycles. The van der Waals surface area contributed by atoms with Gasteiger partial charge in [-0.05, 0) is 38.3 Å². The number of amides is 1. The molecular weight excluding hydrogens is 294 g/mol. The van der Waals surface area contributed by atoms with Crippen molar-refractivity contribution in [2.45, 2.75) is 45.9 Å². The predicted molar refractivity (Wildman–Crippen MR) is 85.6 cm³/mol. The molecule has 23 heavy (non-hydrogen) atoms. The van der Waals surface area contributed by atoms with Crippen LogP contribution in [0.25, 0.3) is 0 Å². The summed E-state index contributed by atoms with van der Waals surface area (Å²) < 4.78 is 7.20. The van der Waals surface area contributed by atoms with E-state index < -0.39 is 5.60 Å². The summed E-state index contributed by atoms with van der Waals surface area (Å²) in [6, 6.07) is 3.16. The van der Waals surface area contributed by atoms with E-state index in [0.29, 0.717) is 12.3 Å².